The Labute approximate surface area is 104 Å². The first-order valence-corrected chi connectivity index (χ1v) is 5.63. The number of allylic oxidation sites excluding steroid dienone is 5. The van der Waals surface area contributed by atoms with Crippen molar-refractivity contribution in [3.63, 3.8) is 0 Å². The molecule has 0 bridgehead atoms. The maximum Gasteiger partial charge on any atom is 0.223 e. The molecule has 0 aromatic rings. The number of carbonyl (C=O) groups excluding carboxylic acids is 1. The number of rotatable bonds is 6. The third kappa shape index (κ3) is 4.31. The van der Waals surface area contributed by atoms with Crippen LogP contribution in [-0.2, 0) is 4.79 Å². The first kappa shape index (κ1) is 15.2. The number of hydrogen-bond acceptors (Lipinski definition) is 2. The molecule has 0 radical (unpaired) electrons. The number of carbonyl (C=O) groups is 1. The van der Waals surface area contributed by atoms with E-state index in [0.717, 1.165) is 23.4 Å². The first-order chi connectivity index (χ1) is 8.01. The summed E-state index contributed by atoms with van der Waals surface area (Å²) in [5.74, 6) is 0.0132. The number of amides is 1. The molecule has 3 nitrogen and oxygen atoms in total. The Bertz CT molecular complexity index is 364. The third-order valence-corrected chi connectivity index (χ3v) is 2.58. The van der Waals surface area contributed by atoms with Gasteiger partial charge in [0.05, 0.1) is 0 Å². The highest BCUT2D eigenvalue weighted by Gasteiger charge is 2.10. The van der Waals surface area contributed by atoms with Crippen molar-refractivity contribution in [2.24, 2.45) is 0 Å². The quantitative estimate of drug-likeness (QED) is 0.716. The van der Waals surface area contributed by atoms with Crippen molar-refractivity contribution in [3.8, 4) is 0 Å². The fourth-order valence-corrected chi connectivity index (χ4v) is 1.49. The van der Waals surface area contributed by atoms with Crippen molar-refractivity contribution < 1.29 is 4.79 Å². The fourth-order valence-electron chi connectivity index (χ4n) is 1.49. The van der Waals surface area contributed by atoms with E-state index in [1.54, 1.807) is 31.0 Å². The van der Waals surface area contributed by atoms with Gasteiger partial charge in [0.15, 0.2) is 0 Å². The van der Waals surface area contributed by atoms with Crippen LogP contribution in [0.4, 0.5) is 0 Å². The fraction of sp³-hybridized carbons (Fsp3) is 0.357. The summed E-state index contributed by atoms with van der Waals surface area (Å²) in [5.41, 5.74) is 2.76. The highest BCUT2D eigenvalue weighted by molar-refractivity contribution is 5.75. The summed E-state index contributed by atoms with van der Waals surface area (Å²) in [6, 6.07) is 0. The van der Waals surface area contributed by atoms with Gasteiger partial charge in [0.25, 0.3) is 0 Å². The molecule has 0 saturated carbocycles. The normalized spacial score (nSPS) is 12.6. The van der Waals surface area contributed by atoms with E-state index in [2.05, 4.69) is 18.5 Å². The van der Waals surface area contributed by atoms with Crippen molar-refractivity contribution in [1.29, 1.82) is 0 Å². The van der Waals surface area contributed by atoms with Crippen LogP contribution in [0.2, 0.25) is 0 Å². The van der Waals surface area contributed by atoms with Gasteiger partial charge in [0.1, 0.15) is 0 Å². The molecule has 0 aromatic carbocycles. The van der Waals surface area contributed by atoms with Gasteiger partial charge in [-0.1, -0.05) is 26.2 Å². The molecule has 0 aliphatic heterocycles. The maximum atomic E-state index is 11.4. The van der Waals surface area contributed by atoms with Crippen LogP contribution in [0.1, 0.15) is 20.3 Å². The van der Waals surface area contributed by atoms with Crippen LogP contribution in [0, 0.1) is 0 Å². The number of nitrogens with zero attached hydrogens (tertiary/aromatic N) is 1. The SMILES string of the molecule is C=C/C(=C\C(C=C)=C(/CC)N(C)C(C)=O)NC. The van der Waals surface area contributed by atoms with E-state index < -0.39 is 0 Å². The molecule has 1 amide bonds. The Morgan fingerprint density at radius 1 is 1.35 bits per heavy atom. The lowest BCUT2D eigenvalue weighted by atomic mass is 10.1. The smallest absolute Gasteiger partial charge is 0.223 e. The largest absolute Gasteiger partial charge is 0.388 e. The molecule has 0 heterocycles. The first-order valence-electron chi connectivity index (χ1n) is 5.63. The van der Waals surface area contributed by atoms with Gasteiger partial charge in [-0.05, 0) is 24.1 Å². The molecule has 94 valence electrons. The molecule has 0 aromatic heterocycles. The van der Waals surface area contributed by atoms with Crippen LogP contribution in [-0.4, -0.2) is 24.9 Å². The predicted molar refractivity (Wildman–Crippen MR) is 73.3 cm³/mol. The van der Waals surface area contributed by atoms with Crippen molar-refractivity contribution in [1.82, 2.24) is 10.2 Å². The molecule has 17 heavy (non-hydrogen) atoms. The lowest BCUT2D eigenvalue weighted by Gasteiger charge is -2.20. The maximum absolute atomic E-state index is 11.4. The molecule has 0 saturated heterocycles. The van der Waals surface area contributed by atoms with Crippen LogP contribution in [0.5, 0.6) is 0 Å². The van der Waals surface area contributed by atoms with Gasteiger partial charge in [0.2, 0.25) is 5.91 Å². The summed E-state index contributed by atoms with van der Waals surface area (Å²) in [4.78, 5) is 13.0. The highest BCUT2D eigenvalue weighted by atomic mass is 16.2. The van der Waals surface area contributed by atoms with Crippen LogP contribution in [0.3, 0.4) is 0 Å². The lowest BCUT2D eigenvalue weighted by Crippen LogP contribution is -2.24. The summed E-state index contributed by atoms with van der Waals surface area (Å²) in [7, 11) is 3.60. The van der Waals surface area contributed by atoms with E-state index in [9.17, 15) is 4.79 Å². The molecule has 0 aliphatic rings. The third-order valence-electron chi connectivity index (χ3n) is 2.58. The summed E-state index contributed by atoms with van der Waals surface area (Å²) in [6.07, 6.45) is 6.17. The van der Waals surface area contributed by atoms with Gasteiger partial charge in [0, 0.05) is 32.4 Å². The summed E-state index contributed by atoms with van der Waals surface area (Å²) in [6.45, 7) is 11.1. The van der Waals surface area contributed by atoms with Gasteiger partial charge < -0.3 is 10.2 Å². The second kappa shape index (κ2) is 7.49. The van der Waals surface area contributed by atoms with E-state index in [4.69, 9.17) is 0 Å². The predicted octanol–water partition coefficient (Wildman–Crippen LogP) is 2.60. The van der Waals surface area contributed by atoms with Crippen molar-refractivity contribution >= 4 is 5.91 Å². The summed E-state index contributed by atoms with van der Waals surface area (Å²) < 4.78 is 0. The Kier molecular flexibility index (Phi) is 6.71. The minimum atomic E-state index is 0.0132. The molecular formula is C14H22N2O. The van der Waals surface area contributed by atoms with Crippen molar-refractivity contribution in [2.75, 3.05) is 14.1 Å². The van der Waals surface area contributed by atoms with E-state index in [-0.39, 0.29) is 5.91 Å². The lowest BCUT2D eigenvalue weighted by molar-refractivity contribution is -0.125. The van der Waals surface area contributed by atoms with Crippen molar-refractivity contribution in [2.45, 2.75) is 20.3 Å². The van der Waals surface area contributed by atoms with Gasteiger partial charge in [-0.25, -0.2) is 0 Å². The van der Waals surface area contributed by atoms with Crippen LogP contribution in [0.25, 0.3) is 0 Å². The van der Waals surface area contributed by atoms with Gasteiger partial charge >= 0.3 is 0 Å². The zero-order chi connectivity index (χ0) is 13.4. The molecule has 0 spiro atoms. The Morgan fingerprint density at radius 3 is 2.24 bits per heavy atom. The minimum absolute atomic E-state index is 0.0132. The topological polar surface area (TPSA) is 32.3 Å². The van der Waals surface area contributed by atoms with Gasteiger partial charge in [-0.3, -0.25) is 4.79 Å². The molecular weight excluding hydrogens is 212 g/mol. The summed E-state index contributed by atoms with van der Waals surface area (Å²) >= 11 is 0. The van der Waals surface area contributed by atoms with Crippen molar-refractivity contribution in [3.05, 3.63) is 48.4 Å². The molecule has 0 aliphatic carbocycles. The minimum Gasteiger partial charge on any atom is -0.388 e. The molecule has 0 atom stereocenters. The second-order valence-corrected chi connectivity index (χ2v) is 3.59. The second-order valence-electron chi connectivity index (χ2n) is 3.59. The molecule has 1 N–H and O–H groups in total. The van der Waals surface area contributed by atoms with E-state index in [1.165, 1.54) is 0 Å². The van der Waals surface area contributed by atoms with Gasteiger partial charge in [-0.15, -0.1) is 0 Å². The monoisotopic (exact) mass is 234 g/mol. The highest BCUT2D eigenvalue weighted by Crippen LogP contribution is 2.16. The van der Waals surface area contributed by atoms with Gasteiger partial charge in [-0.2, -0.15) is 0 Å². The number of likely N-dealkylation sites (N-methyl/N-ethyl adjacent to an activating group) is 1. The van der Waals surface area contributed by atoms with E-state index >= 15 is 0 Å². The Balaban J connectivity index is 5.54. The average molecular weight is 234 g/mol. The van der Waals surface area contributed by atoms with Crippen LogP contribution in [0.15, 0.2) is 48.4 Å². The number of nitrogens with one attached hydrogen (secondary N) is 1. The molecule has 3 heteroatoms. The number of hydrogen-bond donors (Lipinski definition) is 1. The van der Waals surface area contributed by atoms with E-state index in [0.29, 0.717) is 0 Å². The zero-order valence-electron chi connectivity index (χ0n) is 11.2. The molecule has 0 unspecified atom stereocenters. The Hall–Kier alpha value is -1.77. The standard InChI is InChI=1S/C14H22N2O/c1-7-12(10-13(8-2)15-5)14(9-3)16(6)11(4)17/h7-8,10,15H,1-2,9H2,3-6H3/b13-10+,14-12+. The summed E-state index contributed by atoms with van der Waals surface area (Å²) in [5, 5.41) is 3.02. The average Bonchev–Trinajstić information content (AvgIpc) is 2.33. The van der Waals surface area contributed by atoms with Crippen LogP contribution < -0.4 is 5.32 Å². The van der Waals surface area contributed by atoms with E-state index in [1.807, 2.05) is 20.0 Å². The Morgan fingerprint density at radius 2 is 1.94 bits per heavy atom. The molecule has 0 fully saturated rings. The molecule has 0 rings (SSSR count). The zero-order valence-corrected chi connectivity index (χ0v) is 11.2. The van der Waals surface area contributed by atoms with Crippen LogP contribution >= 0.6 is 0 Å².